The average Bonchev–Trinajstić information content (AvgIpc) is 2.96. The molecule has 0 saturated carbocycles. The highest BCUT2D eigenvalue weighted by Crippen LogP contribution is 2.43. The Hall–Kier alpha value is -1.39. The number of ether oxygens (including phenoxy) is 1. The van der Waals surface area contributed by atoms with Gasteiger partial charge in [0.15, 0.2) is 0 Å². The maximum Gasteiger partial charge on any atom is 0.217 e. The summed E-state index contributed by atoms with van der Waals surface area (Å²) in [7, 11) is 0. The summed E-state index contributed by atoms with van der Waals surface area (Å²) in [6, 6.07) is 3.80. The summed E-state index contributed by atoms with van der Waals surface area (Å²) in [6.07, 6.45) is 0.859. The van der Waals surface area contributed by atoms with E-state index in [4.69, 9.17) is 27.9 Å². The van der Waals surface area contributed by atoms with Gasteiger partial charge in [-0.25, -0.2) is 0 Å². The molecule has 21 heavy (non-hydrogen) atoms. The van der Waals surface area contributed by atoms with Crippen LogP contribution in [0.25, 0.3) is 10.9 Å². The summed E-state index contributed by atoms with van der Waals surface area (Å²) in [5.41, 5.74) is 1.93. The first kappa shape index (κ1) is 14.5. The number of carbonyl (C=O) groups is 1. The van der Waals surface area contributed by atoms with Gasteiger partial charge in [0, 0.05) is 30.6 Å². The number of rotatable bonds is 3. The molecular weight excluding hydrogens is 311 g/mol. The Kier molecular flexibility index (Phi) is 3.76. The first-order chi connectivity index (χ1) is 10.0. The molecule has 1 amide bonds. The first-order valence-electron chi connectivity index (χ1n) is 6.94. The molecule has 2 heterocycles. The van der Waals surface area contributed by atoms with Crippen LogP contribution >= 0.6 is 23.2 Å². The molecular formula is C15H16Cl2N2O2. The van der Waals surface area contributed by atoms with Gasteiger partial charge in [0.05, 0.1) is 28.2 Å². The standard InChI is InChI=1S/C15H16Cl2N2O2/c1-3-21-13-7-10(16)14(17)15-9(13)6-12-11(18-8(2)20)4-5-19(12)15/h6-7,11H,3-5H2,1-2H3,(H,18,20)/t11-/m0/s1. The van der Waals surface area contributed by atoms with E-state index in [-0.39, 0.29) is 11.9 Å². The molecule has 112 valence electrons. The van der Waals surface area contributed by atoms with E-state index in [1.807, 2.05) is 13.0 Å². The van der Waals surface area contributed by atoms with E-state index in [1.54, 1.807) is 6.07 Å². The van der Waals surface area contributed by atoms with Gasteiger partial charge in [-0.2, -0.15) is 0 Å². The summed E-state index contributed by atoms with van der Waals surface area (Å²) in [4.78, 5) is 11.3. The number of halogens is 2. The minimum atomic E-state index is -0.0344. The molecule has 0 spiro atoms. The highest BCUT2D eigenvalue weighted by atomic mass is 35.5. The summed E-state index contributed by atoms with van der Waals surface area (Å²) in [6.45, 7) is 4.82. The van der Waals surface area contributed by atoms with Crippen molar-refractivity contribution in [1.82, 2.24) is 9.88 Å². The highest BCUT2D eigenvalue weighted by Gasteiger charge is 2.28. The molecule has 0 unspecified atom stereocenters. The van der Waals surface area contributed by atoms with Gasteiger partial charge in [-0.05, 0) is 19.4 Å². The molecule has 1 aromatic heterocycles. The number of benzene rings is 1. The minimum absolute atomic E-state index is 0.0132. The van der Waals surface area contributed by atoms with E-state index < -0.39 is 0 Å². The lowest BCUT2D eigenvalue weighted by molar-refractivity contribution is -0.119. The zero-order valence-electron chi connectivity index (χ0n) is 11.9. The highest BCUT2D eigenvalue weighted by molar-refractivity contribution is 6.45. The monoisotopic (exact) mass is 326 g/mol. The van der Waals surface area contributed by atoms with E-state index in [0.717, 1.165) is 35.3 Å². The zero-order chi connectivity index (χ0) is 15.1. The molecule has 0 aliphatic carbocycles. The lowest BCUT2D eigenvalue weighted by Crippen LogP contribution is -2.24. The van der Waals surface area contributed by atoms with Crippen LogP contribution < -0.4 is 10.1 Å². The summed E-state index contributed by atoms with van der Waals surface area (Å²) >= 11 is 12.6. The fourth-order valence-electron chi connectivity index (χ4n) is 2.96. The Morgan fingerprint density at radius 2 is 2.24 bits per heavy atom. The minimum Gasteiger partial charge on any atom is -0.493 e. The van der Waals surface area contributed by atoms with E-state index >= 15 is 0 Å². The molecule has 1 aromatic carbocycles. The van der Waals surface area contributed by atoms with Crippen molar-refractivity contribution in [3.63, 3.8) is 0 Å². The number of aromatic nitrogens is 1. The molecule has 1 N–H and O–H groups in total. The van der Waals surface area contributed by atoms with Crippen molar-refractivity contribution >= 4 is 40.0 Å². The molecule has 3 rings (SSSR count). The van der Waals surface area contributed by atoms with Crippen molar-refractivity contribution in [2.45, 2.75) is 32.9 Å². The van der Waals surface area contributed by atoms with E-state index in [0.29, 0.717) is 16.7 Å². The average molecular weight is 327 g/mol. The molecule has 1 atom stereocenters. The van der Waals surface area contributed by atoms with Crippen LogP contribution in [-0.2, 0) is 11.3 Å². The predicted molar refractivity (Wildman–Crippen MR) is 84.3 cm³/mol. The second-order valence-electron chi connectivity index (χ2n) is 5.13. The summed E-state index contributed by atoms with van der Waals surface area (Å²) < 4.78 is 7.78. The summed E-state index contributed by atoms with van der Waals surface area (Å²) in [5, 5.41) is 4.92. The fourth-order valence-corrected chi connectivity index (χ4v) is 3.41. The number of nitrogens with zero attached hydrogens (tertiary/aromatic N) is 1. The Morgan fingerprint density at radius 1 is 1.48 bits per heavy atom. The van der Waals surface area contributed by atoms with Crippen molar-refractivity contribution < 1.29 is 9.53 Å². The largest absolute Gasteiger partial charge is 0.493 e. The van der Waals surface area contributed by atoms with Crippen molar-refractivity contribution in [1.29, 1.82) is 0 Å². The summed E-state index contributed by atoms with van der Waals surface area (Å²) in [5.74, 6) is 0.693. The number of amides is 1. The van der Waals surface area contributed by atoms with Crippen LogP contribution in [0.3, 0.4) is 0 Å². The van der Waals surface area contributed by atoms with Crippen molar-refractivity contribution in [2.75, 3.05) is 6.61 Å². The van der Waals surface area contributed by atoms with Gasteiger partial charge in [0.1, 0.15) is 5.75 Å². The van der Waals surface area contributed by atoms with Crippen molar-refractivity contribution in [3.05, 3.63) is 27.9 Å². The van der Waals surface area contributed by atoms with E-state index in [1.165, 1.54) is 6.92 Å². The van der Waals surface area contributed by atoms with Gasteiger partial charge >= 0.3 is 0 Å². The molecule has 1 aliphatic heterocycles. The second-order valence-corrected chi connectivity index (χ2v) is 5.91. The van der Waals surface area contributed by atoms with Gasteiger partial charge in [0.2, 0.25) is 5.91 Å². The Balaban J connectivity index is 2.19. The number of carbonyl (C=O) groups excluding carboxylic acids is 1. The maximum atomic E-state index is 11.3. The molecule has 0 fully saturated rings. The van der Waals surface area contributed by atoms with Crippen LogP contribution in [0, 0.1) is 0 Å². The number of hydrogen-bond acceptors (Lipinski definition) is 2. The first-order valence-corrected chi connectivity index (χ1v) is 7.69. The van der Waals surface area contributed by atoms with Crippen LogP contribution in [0.5, 0.6) is 5.75 Å². The topological polar surface area (TPSA) is 43.3 Å². The van der Waals surface area contributed by atoms with Gasteiger partial charge in [-0.15, -0.1) is 0 Å². The Morgan fingerprint density at radius 3 is 2.90 bits per heavy atom. The van der Waals surface area contributed by atoms with Crippen molar-refractivity contribution in [2.24, 2.45) is 0 Å². The van der Waals surface area contributed by atoms with Gasteiger partial charge in [-0.1, -0.05) is 23.2 Å². The maximum absolute atomic E-state index is 11.3. The van der Waals surface area contributed by atoms with E-state index in [9.17, 15) is 4.79 Å². The molecule has 6 heteroatoms. The predicted octanol–water partition coefficient (Wildman–Crippen LogP) is 3.93. The third-order valence-electron chi connectivity index (χ3n) is 3.75. The van der Waals surface area contributed by atoms with Crippen molar-refractivity contribution in [3.8, 4) is 5.75 Å². The number of aryl methyl sites for hydroxylation is 1. The van der Waals surface area contributed by atoms with Crippen LogP contribution in [0.2, 0.25) is 10.0 Å². The number of hydrogen-bond donors (Lipinski definition) is 1. The lowest BCUT2D eigenvalue weighted by Gasteiger charge is -2.09. The molecule has 1 aliphatic rings. The molecule has 0 bridgehead atoms. The number of fused-ring (bicyclic) bond motifs is 3. The van der Waals surface area contributed by atoms with Gasteiger partial charge in [0.25, 0.3) is 0 Å². The lowest BCUT2D eigenvalue weighted by atomic mass is 10.1. The smallest absolute Gasteiger partial charge is 0.217 e. The molecule has 2 aromatic rings. The third-order valence-corrected chi connectivity index (χ3v) is 4.52. The third kappa shape index (κ3) is 2.36. The van der Waals surface area contributed by atoms with E-state index in [2.05, 4.69) is 9.88 Å². The molecule has 4 nitrogen and oxygen atoms in total. The quantitative estimate of drug-likeness (QED) is 0.928. The normalized spacial score (nSPS) is 17.0. The SMILES string of the molecule is CCOc1cc(Cl)c(Cl)c2c1cc1n2CC[C@@H]1NC(C)=O. The molecule has 0 radical (unpaired) electrons. The molecule has 0 saturated heterocycles. The van der Waals surface area contributed by atoms with Gasteiger partial charge in [-0.3, -0.25) is 4.79 Å². The van der Waals surface area contributed by atoms with Crippen LogP contribution in [0.1, 0.15) is 32.0 Å². The number of nitrogens with one attached hydrogen (secondary N) is 1. The van der Waals surface area contributed by atoms with Crippen LogP contribution in [-0.4, -0.2) is 17.1 Å². The Bertz CT molecular complexity index is 724. The Labute approximate surface area is 133 Å². The van der Waals surface area contributed by atoms with Gasteiger partial charge < -0.3 is 14.6 Å². The van der Waals surface area contributed by atoms with Crippen LogP contribution in [0.15, 0.2) is 12.1 Å². The zero-order valence-corrected chi connectivity index (χ0v) is 13.4. The second kappa shape index (κ2) is 5.43. The fraction of sp³-hybridized carbons (Fsp3) is 0.400. The van der Waals surface area contributed by atoms with Crippen LogP contribution in [0.4, 0.5) is 0 Å².